The van der Waals surface area contributed by atoms with Crippen molar-refractivity contribution in [3.05, 3.63) is 60.2 Å². The Morgan fingerprint density at radius 1 is 1.00 bits per heavy atom. The van der Waals surface area contributed by atoms with Gasteiger partial charge in [0.2, 0.25) is 0 Å². The van der Waals surface area contributed by atoms with Crippen LogP contribution in [0.25, 0.3) is 0 Å². The number of ether oxygens (including phenoxy) is 1. The van der Waals surface area contributed by atoms with Gasteiger partial charge in [-0.2, -0.15) is 0 Å². The summed E-state index contributed by atoms with van der Waals surface area (Å²) in [4.78, 5) is 27.2. The van der Waals surface area contributed by atoms with Crippen LogP contribution in [0.3, 0.4) is 0 Å². The number of carbonyl (C=O) groups is 2. The number of benzene rings is 2. The van der Waals surface area contributed by atoms with Crippen LogP contribution in [0.15, 0.2) is 54.6 Å². The summed E-state index contributed by atoms with van der Waals surface area (Å²) in [6.45, 7) is 3.09. The number of carbonyl (C=O) groups excluding carboxylic acids is 2. The summed E-state index contributed by atoms with van der Waals surface area (Å²) in [6, 6.07) is 16.7. The largest absolute Gasteiger partial charge is 0.484 e. The maximum Gasteiger partial charge on any atom is 0.322 e. The fraction of sp³-hybridized carbons (Fsp3) is 0.300. The highest BCUT2D eigenvalue weighted by molar-refractivity contribution is 5.89. The molecule has 0 radical (unpaired) electrons. The van der Waals surface area contributed by atoms with Crippen LogP contribution in [0, 0.1) is 0 Å². The van der Waals surface area contributed by atoms with E-state index in [1.165, 1.54) is 4.90 Å². The van der Waals surface area contributed by atoms with Gasteiger partial charge >= 0.3 is 6.03 Å². The molecule has 0 spiro atoms. The lowest BCUT2D eigenvalue weighted by atomic mass is 10.2. The molecule has 2 rings (SSSR count). The minimum atomic E-state index is -0.159. The van der Waals surface area contributed by atoms with Crippen LogP contribution >= 0.6 is 0 Å². The highest BCUT2D eigenvalue weighted by Crippen LogP contribution is 2.16. The van der Waals surface area contributed by atoms with Crippen molar-refractivity contribution in [2.45, 2.75) is 13.5 Å². The monoisotopic (exact) mass is 355 g/mol. The Morgan fingerprint density at radius 2 is 1.65 bits per heavy atom. The number of nitrogens with one attached hydrogen (secondary N) is 1. The zero-order chi connectivity index (χ0) is 18.9. The normalized spacial score (nSPS) is 10.1. The molecule has 0 saturated carbocycles. The number of likely N-dealkylation sites (N-methyl/N-ethyl adjacent to an activating group) is 1. The number of hydrogen-bond donors (Lipinski definition) is 1. The average molecular weight is 355 g/mol. The first kappa shape index (κ1) is 19.3. The quantitative estimate of drug-likeness (QED) is 0.830. The van der Waals surface area contributed by atoms with Crippen molar-refractivity contribution in [1.82, 2.24) is 9.80 Å². The molecule has 6 nitrogen and oxygen atoms in total. The van der Waals surface area contributed by atoms with Gasteiger partial charge in [-0.25, -0.2) is 4.79 Å². The van der Waals surface area contributed by atoms with E-state index in [0.29, 0.717) is 24.5 Å². The Balaban J connectivity index is 1.90. The molecule has 2 aromatic carbocycles. The highest BCUT2D eigenvalue weighted by atomic mass is 16.5. The summed E-state index contributed by atoms with van der Waals surface area (Å²) in [5.41, 5.74) is 1.76. The predicted molar refractivity (Wildman–Crippen MR) is 102 cm³/mol. The zero-order valence-electron chi connectivity index (χ0n) is 15.4. The molecule has 0 aliphatic heterocycles. The lowest BCUT2D eigenvalue weighted by Crippen LogP contribution is -2.34. The van der Waals surface area contributed by atoms with Crippen molar-refractivity contribution in [2.75, 3.05) is 32.6 Å². The number of amides is 3. The molecule has 26 heavy (non-hydrogen) atoms. The van der Waals surface area contributed by atoms with Crippen molar-refractivity contribution < 1.29 is 14.3 Å². The summed E-state index contributed by atoms with van der Waals surface area (Å²) in [5.74, 6) is 0.469. The van der Waals surface area contributed by atoms with E-state index in [0.717, 1.165) is 5.56 Å². The van der Waals surface area contributed by atoms with E-state index < -0.39 is 0 Å². The van der Waals surface area contributed by atoms with Crippen molar-refractivity contribution in [1.29, 1.82) is 0 Å². The van der Waals surface area contributed by atoms with Crippen LogP contribution in [-0.4, -0.2) is 49.0 Å². The van der Waals surface area contributed by atoms with Crippen LogP contribution in [-0.2, 0) is 11.3 Å². The Morgan fingerprint density at radius 3 is 2.23 bits per heavy atom. The Kier molecular flexibility index (Phi) is 7.02. The third-order valence-electron chi connectivity index (χ3n) is 3.85. The smallest absolute Gasteiger partial charge is 0.322 e. The number of hydrogen-bond acceptors (Lipinski definition) is 3. The minimum Gasteiger partial charge on any atom is -0.484 e. The zero-order valence-corrected chi connectivity index (χ0v) is 15.4. The van der Waals surface area contributed by atoms with E-state index in [4.69, 9.17) is 4.74 Å². The van der Waals surface area contributed by atoms with Crippen LogP contribution in [0.1, 0.15) is 12.5 Å². The Bertz CT molecular complexity index is 715. The van der Waals surface area contributed by atoms with Gasteiger partial charge in [0.15, 0.2) is 6.61 Å². The molecule has 0 fully saturated rings. The molecule has 0 aromatic heterocycles. The summed E-state index contributed by atoms with van der Waals surface area (Å²) in [7, 11) is 3.36. The van der Waals surface area contributed by atoms with Crippen LogP contribution in [0.5, 0.6) is 5.75 Å². The lowest BCUT2D eigenvalue weighted by molar-refractivity contribution is -0.130. The number of urea groups is 1. The van der Waals surface area contributed by atoms with E-state index in [9.17, 15) is 9.59 Å². The molecular formula is C20H25N3O3. The van der Waals surface area contributed by atoms with E-state index in [1.807, 2.05) is 37.3 Å². The van der Waals surface area contributed by atoms with Gasteiger partial charge in [0, 0.05) is 32.9 Å². The van der Waals surface area contributed by atoms with Gasteiger partial charge in [0.1, 0.15) is 5.75 Å². The molecule has 0 atom stereocenters. The molecule has 0 saturated heterocycles. The van der Waals surface area contributed by atoms with E-state index >= 15 is 0 Å². The van der Waals surface area contributed by atoms with Crippen molar-refractivity contribution in [3.63, 3.8) is 0 Å². The first-order valence-corrected chi connectivity index (χ1v) is 8.52. The summed E-state index contributed by atoms with van der Waals surface area (Å²) in [5, 5.41) is 2.88. The number of anilines is 1. The maximum absolute atomic E-state index is 12.5. The van der Waals surface area contributed by atoms with E-state index in [-0.39, 0.29) is 18.5 Å². The number of nitrogens with zero attached hydrogens (tertiary/aromatic N) is 2. The first-order valence-electron chi connectivity index (χ1n) is 8.52. The van der Waals surface area contributed by atoms with Crippen molar-refractivity contribution >= 4 is 17.6 Å². The van der Waals surface area contributed by atoms with Gasteiger partial charge in [-0.1, -0.05) is 30.3 Å². The SMILES string of the molecule is CCN(Cc1ccccc1)C(=O)Nc1ccc(OCC(=O)N(C)C)cc1. The van der Waals surface area contributed by atoms with Crippen molar-refractivity contribution in [2.24, 2.45) is 0 Å². The molecule has 0 aliphatic rings. The Hall–Kier alpha value is -3.02. The fourth-order valence-corrected chi connectivity index (χ4v) is 2.24. The van der Waals surface area contributed by atoms with Gasteiger partial charge in [-0.15, -0.1) is 0 Å². The summed E-state index contributed by atoms with van der Waals surface area (Å²) >= 11 is 0. The lowest BCUT2D eigenvalue weighted by Gasteiger charge is -2.21. The molecule has 1 N–H and O–H groups in total. The molecule has 0 heterocycles. The minimum absolute atomic E-state index is 0.0145. The van der Waals surface area contributed by atoms with Crippen LogP contribution in [0.2, 0.25) is 0 Å². The van der Waals surface area contributed by atoms with Gasteiger partial charge in [-0.3, -0.25) is 4.79 Å². The fourth-order valence-electron chi connectivity index (χ4n) is 2.24. The molecule has 2 aromatic rings. The molecule has 3 amide bonds. The maximum atomic E-state index is 12.5. The van der Waals surface area contributed by atoms with Gasteiger partial charge in [0.25, 0.3) is 5.91 Å². The summed E-state index contributed by atoms with van der Waals surface area (Å²) < 4.78 is 5.42. The predicted octanol–water partition coefficient (Wildman–Crippen LogP) is 3.21. The van der Waals surface area contributed by atoms with Crippen LogP contribution < -0.4 is 10.1 Å². The number of rotatable bonds is 7. The summed E-state index contributed by atoms with van der Waals surface area (Å²) in [6.07, 6.45) is 0. The molecule has 6 heteroatoms. The van der Waals surface area contributed by atoms with E-state index in [2.05, 4.69) is 5.32 Å². The second-order valence-corrected chi connectivity index (χ2v) is 6.03. The molecule has 0 unspecified atom stereocenters. The van der Waals surface area contributed by atoms with Crippen LogP contribution in [0.4, 0.5) is 10.5 Å². The standard InChI is InChI=1S/C20H25N3O3/c1-4-23(14-16-8-6-5-7-9-16)20(25)21-17-10-12-18(13-11-17)26-15-19(24)22(2)3/h5-13H,4,14-15H2,1-3H3,(H,21,25). The second kappa shape index (κ2) is 9.46. The first-order chi connectivity index (χ1) is 12.5. The molecule has 0 bridgehead atoms. The molecular weight excluding hydrogens is 330 g/mol. The third-order valence-corrected chi connectivity index (χ3v) is 3.85. The second-order valence-electron chi connectivity index (χ2n) is 6.03. The molecule has 138 valence electrons. The highest BCUT2D eigenvalue weighted by Gasteiger charge is 2.12. The average Bonchev–Trinajstić information content (AvgIpc) is 2.65. The van der Waals surface area contributed by atoms with Gasteiger partial charge in [0.05, 0.1) is 0 Å². The Labute approximate surface area is 154 Å². The van der Waals surface area contributed by atoms with Gasteiger partial charge < -0.3 is 19.9 Å². The third kappa shape index (κ3) is 5.81. The molecule has 0 aliphatic carbocycles. The topological polar surface area (TPSA) is 61.9 Å². The van der Waals surface area contributed by atoms with E-state index in [1.54, 1.807) is 43.3 Å². The van der Waals surface area contributed by atoms with Crippen molar-refractivity contribution in [3.8, 4) is 5.75 Å². The van der Waals surface area contributed by atoms with Gasteiger partial charge in [-0.05, 0) is 36.8 Å².